The zero-order chi connectivity index (χ0) is 14.5. The van der Waals surface area contributed by atoms with Gasteiger partial charge in [-0.25, -0.2) is 4.79 Å². The number of aromatic nitrogens is 2. The summed E-state index contributed by atoms with van der Waals surface area (Å²) in [5.74, 6) is -1.23. The zero-order valence-corrected chi connectivity index (χ0v) is 12.1. The van der Waals surface area contributed by atoms with Crippen LogP contribution >= 0.6 is 22.9 Å². The number of aryl methyl sites for hydroxylation is 1. The van der Waals surface area contributed by atoms with Crippen LogP contribution < -0.4 is 5.32 Å². The Labute approximate surface area is 122 Å². The van der Waals surface area contributed by atoms with Crippen LogP contribution in [0.5, 0.6) is 0 Å². The third-order valence-electron chi connectivity index (χ3n) is 2.45. The van der Waals surface area contributed by atoms with Gasteiger partial charge in [0.25, 0.3) is 5.91 Å². The summed E-state index contributed by atoms with van der Waals surface area (Å²) in [5, 5.41) is 17.0. The van der Waals surface area contributed by atoms with Gasteiger partial charge in [0.2, 0.25) is 0 Å². The van der Waals surface area contributed by atoms with Crippen LogP contribution in [0.1, 0.15) is 25.8 Å². The van der Waals surface area contributed by atoms with E-state index < -0.39 is 5.97 Å². The Morgan fingerprint density at radius 1 is 1.50 bits per heavy atom. The third kappa shape index (κ3) is 3.49. The molecular formula is C12H11N3O3S2. The molecule has 0 radical (unpaired) electrons. The summed E-state index contributed by atoms with van der Waals surface area (Å²) in [7, 11) is 0. The Hall–Kier alpha value is -2.06. The lowest BCUT2D eigenvalue weighted by atomic mass is 10.2. The predicted molar refractivity (Wildman–Crippen MR) is 76.8 cm³/mol. The van der Waals surface area contributed by atoms with E-state index in [1.807, 2.05) is 11.4 Å². The van der Waals surface area contributed by atoms with E-state index in [0.717, 1.165) is 28.0 Å². The largest absolute Gasteiger partial charge is 0.478 e. The molecule has 0 fully saturated rings. The van der Waals surface area contributed by atoms with E-state index in [9.17, 15) is 9.59 Å². The normalized spacial score (nSPS) is 10.8. The maximum atomic E-state index is 11.9. The molecule has 0 spiro atoms. The number of carbonyl (C=O) groups is 2. The number of nitrogens with zero attached hydrogens (tertiary/aromatic N) is 2. The lowest BCUT2D eigenvalue weighted by molar-refractivity contribution is -0.131. The number of carboxylic acid groups (broad SMARTS) is 1. The molecule has 0 unspecified atom stereocenters. The number of hydrogen-bond donors (Lipinski definition) is 2. The van der Waals surface area contributed by atoms with Crippen LogP contribution in [-0.4, -0.2) is 26.6 Å². The second-order valence-electron chi connectivity index (χ2n) is 3.84. The van der Waals surface area contributed by atoms with Gasteiger partial charge >= 0.3 is 5.97 Å². The molecule has 2 N–H and O–H groups in total. The van der Waals surface area contributed by atoms with E-state index in [1.54, 1.807) is 6.92 Å². The molecule has 2 heterocycles. The molecule has 0 saturated carbocycles. The van der Waals surface area contributed by atoms with Crippen molar-refractivity contribution in [1.82, 2.24) is 14.9 Å². The summed E-state index contributed by atoms with van der Waals surface area (Å²) >= 11 is 2.51. The average Bonchev–Trinajstić information content (AvgIpc) is 3.02. The Bertz CT molecular complexity index is 660. The highest BCUT2D eigenvalue weighted by molar-refractivity contribution is 7.10. The second-order valence-corrected chi connectivity index (χ2v) is 5.60. The molecule has 1 amide bonds. The molecule has 0 atom stereocenters. The van der Waals surface area contributed by atoms with E-state index in [1.165, 1.54) is 17.4 Å². The second kappa shape index (κ2) is 6.40. The van der Waals surface area contributed by atoms with Crippen molar-refractivity contribution in [3.63, 3.8) is 0 Å². The van der Waals surface area contributed by atoms with Crippen LogP contribution in [0.2, 0.25) is 0 Å². The summed E-state index contributed by atoms with van der Waals surface area (Å²) in [6, 6.07) is 1.81. The number of thiophene rings is 1. The monoisotopic (exact) mass is 309 g/mol. The van der Waals surface area contributed by atoms with Gasteiger partial charge in [-0.05, 0) is 41.5 Å². The van der Waals surface area contributed by atoms with Crippen molar-refractivity contribution in [3.05, 3.63) is 38.5 Å². The van der Waals surface area contributed by atoms with Gasteiger partial charge in [0.05, 0.1) is 12.2 Å². The SMILES string of the molecule is Cc1nnsc1C(=O)NCc1sccc1/C=C/C(=O)O. The zero-order valence-electron chi connectivity index (χ0n) is 10.5. The van der Waals surface area contributed by atoms with Gasteiger partial charge in [0.15, 0.2) is 0 Å². The van der Waals surface area contributed by atoms with Gasteiger partial charge in [-0.2, -0.15) is 0 Å². The van der Waals surface area contributed by atoms with Gasteiger partial charge in [-0.1, -0.05) is 4.49 Å². The highest BCUT2D eigenvalue weighted by atomic mass is 32.1. The summed E-state index contributed by atoms with van der Waals surface area (Å²) in [6.07, 6.45) is 2.59. The van der Waals surface area contributed by atoms with Crippen LogP contribution in [0.25, 0.3) is 6.08 Å². The Morgan fingerprint density at radius 3 is 2.95 bits per heavy atom. The number of amides is 1. The minimum atomic E-state index is -1.00. The first kappa shape index (κ1) is 14.4. The fourth-order valence-electron chi connectivity index (χ4n) is 1.48. The van der Waals surface area contributed by atoms with E-state index in [4.69, 9.17) is 5.11 Å². The minimum Gasteiger partial charge on any atom is -0.478 e. The molecule has 0 aromatic carbocycles. The van der Waals surface area contributed by atoms with Crippen LogP contribution in [0, 0.1) is 6.92 Å². The topological polar surface area (TPSA) is 92.2 Å². The summed E-state index contributed by atoms with van der Waals surface area (Å²) in [4.78, 5) is 23.8. The number of hydrogen-bond acceptors (Lipinski definition) is 6. The molecule has 0 saturated heterocycles. The first-order chi connectivity index (χ1) is 9.58. The Morgan fingerprint density at radius 2 is 2.30 bits per heavy atom. The van der Waals surface area contributed by atoms with Crippen molar-refractivity contribution in [2.75, 3.05) is 0 Å². The number of rotatable bonds is 5. The molecule has 6 nitrogen and oxygen atoms in total. The summed E-state index contributed by atoms with van der Waals surface area (Å²) in [5.41, 5.74) is 1.39. The van der Waals surface area contributed by atoms with Crippen LogP contribution in [0.4, 0.5) is 0 Å². The first-order valence-corrected chi connectivity index (χ1v) is 7.27. The smallest absolute Gasteiger partial charge is 0.328 e. The molecule has 0 bridgehead atoms. The van der Waals surface area contributed by atoms with Crippen LogP contribution in [0.3, 0.4) is 0 Å². The van der Waals surface area contributed by atoms with E-state index in [-0.39, 0.29) is 5.91 Å². The van der Waals surface area contributed by atoms with Crippen molar-refractivity contribution >= 4 is 40.8 Å². The van der Waals surface area contributed by atoms with E-state index in [0.29, 0.717) is 17.1 Å². The lowest BCUT2D eigenvalue weighted by Crippen LogP contribution is -2.22. The maximum absolute atomic E-state index is 11.9. The molecule has 2 aromatic heterocycles. The number of nitrogens with one attached hydrogen (secondary N) is 1. The van der Waals surface area contributed by atoms with E-state index >= 15 is 0 Å². The van der Waals surface area contributed by atoms with Crippen LogP contribution in [0.15, 0.2) is 17.5 Å². The minimum absolute atomic E-state index is 0.223. The van der Waals surface area contributed by atoms with Gasteiger partial charge in [0, 0.05) is 11.0 Å². The Kier molecular flexibility index (Phi) is 4.59. The number of carbonyl (C=O) groups excluding carboxylic acids is 1. The summed E-state index contributed by atoms with van der Waals surface area (Å²) < 4.78 is 3.71. The highest BCUT2D eigenvalue weighted by Gasteiger charge is 2.13. The quantitative estimate of drug-likeness (QED) is 0.823. The summed E-state index contributed by atoms with van der Waals surface area (Å²) in [6.45, 7) is 2.07. The fourth-order valence-corrected chi connectivity index (χ4v) is 2.86. The molecule has 104 valence electrons. The standard InChI is InChI=1S/C12H11N3O3S2/c1-7-11(20-15-14-7)12(18)13-6-9-8(4-5-19-9)2-3-10(16)17/h2-5H,6H2,1H3,(H,13,18)(H,16,17)/b3-2+. The van der Waals surface area contributed by atoms with Crippen molar-refractivity contribution in [2.24, 2.45) is 0 Å². The third-order valence-corrected chi connectivity index (χ3v) is 4.22. The maximum Gasteiger partial charge on any atom is 0.328 e. The molecule has 0 aliphatic rings. The molecule has 2 rings (SSSR count). The predicted octanol–water partition coefficient (Wildman–Crippen LogP) is 1.94. The fraction of sp³-hybridized carbons (Fsp3) is 0.167. The van der Waals surface area contributed by atoms with Crippen molar-refractivity contribution < 1.29 is 14.7 Å². The molecule has 0 aliphatic carbocycles. The van der Waals surface area contributed by atoms with E-state index in [2.05, 4.69) is 14.9 Å². The molecule has 20 heavy (non-hydrogen) atoms. The highest BCUT2D eigenvalue weighted by Crippen LogP contribution is 2.18. The van der Waals surface area contributed by atoms with Crippen molar-refractivity contribution in [3.8, 4) is 0 Å². The van der Waals surface area contributed by atoms with Gasteiger partial charge < -0.3 is 10.4 Å². The van der Waals surface area contributed by atoms with Crippen LogP contribution in [-0.2, 0) is 11.3 Å². The average molecular weight is 309 g/mol. The first-order valence-electron chi connectivity index (χ1n) is 5.62. The molecule has 0 aliphatic heterocycles. The molecule has 2 aromatic rings. The molecular weight excluding hydrogens is 298 g/mol. The number of aliphatic carboxylic acids is 1. The Balaban J connectivity index is 2.01. The lowest BCUT2D eigenvalue weighted by Gasteiger charge is -2.03. The van der Waals surface area contributed by atoms with Gasteiger partial charge in [-0.15, -0.1) is 16.4 Å². The van der Waals surface area contributed by atoms with Gasteiger partial charge in [-0.3, -0.25) is 4.79 Å². The number of carboxylic acids is 1. The van der Waals surface area contributed by atoms with Crippen molar-refractivity contribution in [1.29, 1.82) is 0 Å². The molecule has 8 heteroatoms. The van der Waals surface area contributed by atoms with Gasteiger partial charge in [0.1, 0.15) is 4.88 Å². The van der Waals surface area contributed by atoms with Crippen molar-refractivity contribution in [2.45, 2.75) is 13.5 Å².